The molecule has 1 heterocycles. The fourth-order valence-electron chi connectivity index (χ4n) is 0.728. The topological polar surface area (TPSA) is 52.9 Å². The molecule has 62 valence electrons. The summed E-state index contributed by atoms with van der Waals surface area (Å²) in [7, 11) is 0. The average Bonchev–Trinajstić information content (AvgIpc) is 2.56. The van der Waals surface area contributed by atoms with Gasteiger partial charge in [-0.3, -0.25) is 4.79 Å². The fourth-order valence-corrected chi connectivity index (χ4v) is 1.36. The molecule has 0 bridgehead atoms. The zero-order valence-electron chi connectivity index (χ0n) is 6.41. The maximum atomic E-state index is 11.2. The Labute approximate surface area is 74.6 Å². The number of rotatable bonds is 3. The van der Waals surface area contributed by atoms with E-state index in [4.69, 9.17) is 5.26 Å². The molecule has 0 aliphatic rings. The molecular formula is C8H8N2OS. The molecular weight excluding hydrogens is 172 g/mol. The zero-order chi connectivity index (χ0) is 8.81. The van der Waals surface area contributed by atoms with Gasteiger partial charge in [0.1, 0.15) is 0 Å². The highest BCUT2D eigenvalue weighted by Gasteiger charge is 2.02. The molecule has 1 rings (SSSR count). The van der Waals surface area contributed by atoms with E-state index in [1.807, 2.05) is 11.4 Å². The van der Waals surface area contributed by atoms with E-state index < -0.39 is 0 Å². The summed E-state index contributed by atoms with van der Waals surface area (Å²) in [5, 5.41) is 14.5. The normalized spacial score (nSPS) is 8.92. The number of hydrogen-bond donors (Lipinski definition) is 1. The van der Waals surface area contributed by atoms with Crippen molar-refractivity contribution in [1.82, 2.24) is 5.32 Å². The quantitative estimate of drug-likeness (QED) is 0.715. The lowest BCUT2D eigenvalue weighted by Gasteiger charge is -1.98. The third-order valence-electron chi connectivity index (χ3n) is 1.31. The highest BCUT2D eigenvalue weighted by molar-refractivity contribution is 7.08. The largest absolute Gasteiger partial charge is 0.351 e. The highest BCUT2D eigenvalue weighted by atomic mass is 32.1. The molecule has 0 atom stereocenters. The van der Waals surface area contributed by atoms with Gasteiger partial charge in [-0.2, -0.15) is 16.6 Å². The Kier molecular flexibility index (Phi) is 3.30. The lowest BCUT2D eigenvalue weighted by atomic mass is 10.3. The summed E-state index contributed by atoms with van der Waals surface area (Å²) in [5.41, 5.74) is 0.665. The van der Waals surface area contributed by atoms with Gasteiger partial charge in [0.15, 0.2) is 0 Å². The van der Waals surface area contributed by atoms with Gasteiger partial charge < -0.3 is 5.32 Å². The maximum absolute atomic E-state index is 11.2. The van der Waals surface area contributed by atoms with Crippen molar-refractivity contribution in [2.45, 2.75) is 6.42 Å². The SMILES string of the molecule is N#CCCNC(=O)c1ccsc1. The summed E-state index contributed by atoms with van der Waals surface area (Å²) >= 11 is 1.48. The molecule has 1 aromatic heterocycles. The second kappa shape index (κ2) is 4.52. The standard InChI is InChI=1S/C8H8N2OS/c9-3-1-4-10-8(11)7-2-5-12-6-7/h2,5-6H,1,4H2,(H,10,11). The van der Waals surface area contributed by atoms with Crippen molar-refractivity contribution in [3.8, 4) is 6.07 Å². The minimum atomic E-state index is -0.105. The van der Waals surface area contributed by atoms with Crippen molar-refractivity contribution in [2.24, 2.45) is 0 Å². The van der Waals surface area contributed by atoms with Gasteiger partial charge in [0.25, 0.3) is 5.91 Å². The average molecular weight is 180 g/mol. The third-order valence-corrected chi connectivity index (χ3v) is 1.99. The van der Waals surface area contributed by atoms with Crippen LogP contribution in [0.5, 0.6) is 0 Å². The van der Waals surface area contributed by atoms with Crippen molar-refractivity contribution in [3.63, 3.8) is 0 Å². The number of nitrogens with zero attached hydrogens (tertiary/aromatic N) is 1. The van der Waals surface area contributed by atoms with Crippen LogP contribution in [0.2, 0.25) is 0 Å². The first-order valence-corrected chi connectivity index (χ1v) is 4.46. The number of carbonyl (C=O) groups excluding carboxylic acids is 1. The van der Waals surface area contributed by atoms with Crippen molar-refractivity contribution in [2.75, 3.05) is 6.54 Å². The molecule has 3 nitrogen and oxygen atoms in total. The van der Waals surface area contributed by atoms with Crippen LogP contribution < -0.4 is 5.32 Å². The first kappa shape index (κ1) is 8.75. The number of carbonyl (C=O) groups is 1. The van der Waals surface area contributed by atoms with Crippen LogP contribution in [0, 0.1) is 11.3 Å². The second-order valence-corrected chi connectivity index (χ2v) is 2.96. The molecule has 1 amide bonds. The monoisotopic (exact) mass is 180 g/mol. The molecule has 0 aromatic carbocycles. The van der Waals surface area contributed by atoms with E-state index in [2.05, 4.69) is 5.32 Å². The Bertz CT molecular complexity index is 287. The van der Waals surface area contributed by atoms with Gasteiger partial charge in [-0.15, -0.1) is 0 Å². The van der Waals surface area contributed by atoms with Crippen LogP contribution in [0.3, 0.4) is 0 Å². The van der Waals surface area contributed by atoms with Crippen LogP contribution in [0.25, 0.3) is 0 Å². The molecule has 12 heavy (non-hydrogen) atoms. The summed E-state index contributed by atoms with van der Waals surface area (Å²) in [6, 6.07) is 3.71. The van der Waals surface area contributed by atoms with E-state index in [0.29, 0.717) is 18.5 Å². The predicted octanol–water partition coefficient (Wildman–Crippen LogP) is 1.39. The van der Waals surface area contributed by atoms with Gasteiger partial charge in [-0.05, 0) is 11.4 Å². The molecule has 0 radical (unpaired) electrons. The Morgan fingerprint density at radius 1 is 1.75 bits per heavy atom. The van der Waals surface area contributed by atoms with Gasteiger partial charge in [0, 0.05) is 17.5 Å². The Balaban J connectivity index is 2.36. The summed E-state index contributed by atoms with van der Waals surface area (Å²) in [6.45, 7) is 0.422. The minimum absolute atomic E-state index is 0.105. The summed E-state index contributed by atoms with van der Waals surface area (Å²) in [5.74, 6) is -0.105. The molecule has 0 spiro atoms. The lowest BCUT2D eigenvalue weighted by Crippen LogP contribution is -2.23. The van der Waals surface area contributed by atoms with Gasteiger partial charge in [-0.1, -0.05) is 0 Å². The van der Waals surface area contributed by atoms with Crippen LogP contribution in [-0.4, -0.2) is 12.5 Å². The molecule has 1 aromatic rings. The molecule has 0 saturated carbocycles. The lowest BCUT2D eigenvalue weighted by molar-refractivity contribution is 0.0955. The van der Waals surface area contributed by atoms with Crippen LogP contribution in [0.15, 0.2) is 16.8 Å². The summed E-state index contributed by atoms with van der Waals surface area (Å²) in [6.07, 6.45) is 0.357. The van der Waals surface area contributed by atoms with Gasteiger partial charge >= 0.3 is 0 Å². The van der Waals surface area contributed by atoms with Gasteiger partial charge in [-0.25, -0.2) is 0 Å². The fraction of sp³-hybridized carbons (Fsp3) is 0.250. The van der Waals surface area contributed by atoms with Crippen LogP contribution in [0.1, 0.15) is 16.8 Å². The second-order valence-electron chi connectivity index (χ2n) is 2.18. The molecule has 0 fully saturated rings. The number of nitrogens with one attached hydrogen (secondary N) is 1. The van der Waals surface area contributed by atoms with Crippen LogP contribution in [-0.2, 0) is 0 Å². The van der Waals surface area contributed by atoms with Crippen molar-refractivity contribution in [1.29, 1.82) is 5.26 Å². The molecule has 0 aliphatic carbocycles. The Morgan fingerprint density at radius 3 is 3.17 bits per heavy atom. The minimum Gasteiger partial charge on any atom is -0.351 e. The smallest absolute Gasteiger partial charge is 0.252 e. The van der Waals surface area contributed by atoms with E-state index >= 15 is 0 Å². The van der Waals surface area contributed by atoms with E-state index in [9.17, 15) is 4.79 Å². The van der Waals surface area contributed by atoms with Crippen molar-refractivity contribution >= 4 is 17.2 Å². The van der Waals surface area contributed by atoms with E-state index in [1.54, 1.807) is 11.4 Å². The Hall–Kier alpha value is -1.34. The zero-order valence-corrected chi connectivity index (χ0v) is 7.23. The number of amides is 1. The molecule has 0 saturated heterocycles. The number of nitriles is 1. The van der Waals surface area contributed by atoms with E-state index in [-0.39, 0.29) is 5.91 Å². The molecule has 1 N–H and O–H groups in total. The van der Waals surface area contributed by atoms with E-state index in [0.717, 1.165) is 0 Å². The van der Waals surface area contributed by atoms with Crippen molar-refractivity contribution in [3.05, 3.63) is 22.4 Å². The summed E-state index contributed by atoms with van der Waals surface area (Å²) in [4.78, 5) is 11.2. The first-order chi connectivity index (χ1) is 5.84. The van der Waals surface area contributed by atoms with Crippen LogP contribution in [0.4, 0.5) is 0 Å². The van der Waals surface area contributed by atoms with Gasteiger partial charge in [0.2, 0.25) is 0 Å². The predicted molar refractivity (Wildman–Crippen MR) is 46.9 cm³/mol. The highest BCUT2D eigenvalue weighted by Crippen LogP contribution is 2.04. The summed E-state index contributed by atoms with van der Waals surface area (Å²) < 4.78 is 0. The van der Waals surface area contributed by atoms with E-state index in [1.165, 1.54) is 11.3 Å². The molecule has 4 heteroatoms. The van der Waals surface area contributed by atoms with Crippen molar-refractivity contribution < 1.29 is 4.79 Å². The maximum Gasteiger partial charge on any atom is 0.252 e. The molecule has 0 aliphatic heterocycles. The van der Waals surface area contributed by atoms with Gasteiger partial charge in [0.05, 0.1) is 12.5 Å². The first-order valence-electron chi connectivity index (χ1n) is 3.52. The Morgan fingerprint density at radius 2 is 2.58 bits per heavy atom. The number of thiophene rings is 1. The van der Waals surface area contributed by atoms with Crippen LogP contribution >= 0.6 is 11.3 Å². The number of hydrogen-bond acceptors (Lipinski definition) is 3. The molecule has 0 unspecified atom stereocenters. The third kappa shape index (κ3) is 2.36.